The van der Waals surface area contributed by atoms with Gasteiger partial charge >= 0.3 is 0 Å². The van der Waals surface area contributed by atoms with Gasteiger partial charge in [-0.25, -0.2) is 0 Å². The highest BCUT2D eigenvalue weighted by atomic mass is 16.5. The second-order valence-electron chi connectivity index (χ2n) is 7.22. The number of carbonyl (C=O) groups is 1. The van der Waals surface area contributed by atoms with Crippen molar-refractivity contribution in [1.82, 2.24) is 10.2 Å². The van der Waals surface area contributed by atoms with E-state index in [0.29, 0.717) is 30.0 Å². The third-order valence-electron chi connectivity index (χ3n) is 5.06. The van der Waals surface area contributed by atoms with Gasteiger partial charge in [0, 0.05) is 24.6 Å². The van der Waals surface area contributed by atoms with Gasteiger partial charge < -0.3 is 29.5 Å². The molecule has 7 heteroatoms. The Balaban J connectivity index is 1.91. The number of hydrogen-bond donors (Lipinski definition) is 2. The zero-order chi connectivity index (χ0) is 22.1. The molecule has 0 bridgehead atoms. The first kappa shape index (κ1) is 23.5. The minimum Gasteiger partial charge on any atom is -0.497 e. The summed E-state index contributed by atoms with van der Waals surface area (Å²) in [5.41, 5.74) is 1.72. The third-order valence-corrected chi connectivity index (χ3v) is 5.06. The second-order valence-corrected chi connectivity index (χ2v) is 7.22. The molecule has 2 rings (SSSR count). The predicted octanol–water partition coefficient (Wildman–Crippen LogP) is 2.95. The maximum Gasteiger partial charge on any atom is 0.220 e. The zero-order valence-electron chi connectivity index (χ0n) is 18.3. The number of ether oxygens (including phenoxy) is 3. The second kappa shape index (κ2) is 11.4. The molecule has 0 aliphatic carbocycles. The van der Waals surface area contributed by atoms with Crippen LogP contribution in [0, 0.1) is 0 Å². The number of methoxy groups -OCH3 is 3. The highest BCUT2D eigenvalue weighted by molar-refractivity contribution is 5.76. The van der Waals surface area contributed by atoms with Gasteiger partial charge in [0.15, 0.2) is 0 Å². The number of amides is 1. The minimum absolute atomic E-state index is 0.0338. The molecule has 2 aromatic carbocycles. The molecule has 0 aromatic heterocycles. The van der Waals surface area contributed by atoms with Crippen molar-refractivity contribution in [1.29, 1.82) is 0 Å². The summed E-state index contributed by atoms with van der Waals surface area (Å²) in [4.78, 5) is 14.4. The first-order valence-corrected chi connectivity index (χ1v) is 9.86. The molecule has 2 N–H and O–H groups in total. The number of carbonyl (C=O) groups excluding carboxylic acids is 1. The van der Waals surface area contributed by atoms with E-state index in [1.165, 1.54) is 7.11 Å². The maximum absolute atomic E-state index is 12.4. The Labute approximate surface area is 178 Å². The lowest BCUT2D eigenvalue weighted by molar-refractivity contribution is -0.121. The van der Waals surface area contributed by atoms with E-state index >= 15 is 0 Å². The fraction of sp³-hybridized carbons (Fsp3) is 0.435. The summed E-state index contributed by atoms with van der Waals surface area (Å²) in [7, 11) is 8.69. The summed E-state index contributed by atoms with van der Waals surface area (Å²) in [6.45, 7) is 0.472. The van der Waals surface area contributed by atoms with Crippen LogP contribution in [-0.2, 0) is 4.79 Å². The predicted molar refractivity (Wildman–Crippen MR) is 116 cm³/mol. The van der Waals surface area contributed by atoms with Crippen LogP contribution in [0.25, 0.3) is 0 Å². The van der Waals surface area contributed by atoms with Crippen molar-refractivity contribution in [2.75, 3.05) is 42.0 Å². The van der Waals surface area contributed by atoms with Crippen LogP contribution in [0.1, 0.15) is 36.1 Å². The molecule has 0 aliphatic rings. The first-order valence-electron chi connectivity index (χ1n) is 9.86. The molecule has 0 spiro atoms. The lowest BCUT2D eigenvalue weighted by atomic mass is 10.0. The van der Waals surface area contributed by atoms with Gasteiger partial charge in [0.2, 0.25) is 5.91 Å². The minimum atomic E-state index is -0.803. The van der Waals surface area contributed by atoms with Gasteiger partial charge in [-0.2, -0.15) is 0 Å². The van der Waals surface area contributed by atoms with Crippen molar-refractivity contribution < 1.29 is 24.1 Å². The van der Waals surface area contributed by atoms with E-state index in [1.807, 2.05) is 38.4 Å². The van der Waals surface area contributed by atoms with Crippen LogP contribution in [0.15, 0.2) is 42.5 Å². The molecule has 2 unspecified atom stereocenters. The molecular formula is C23H32N2O5. The highest BCUT2D eigenvalue weighted by Crippen LogP contribution is 2.31. The van der Waals surface area contributed by atoms with E-state index in [9.17, 15) is 9.90 Å². The molecule has 2 atom stereocenters. The monoisotopic (exact) mass is 416 g/mol. The SMILES string of the molecule is COc1ccc(C(CNC(=O)CCC(O)c2ccc(OC)cc2OC)N(C)C)cc1. The summed E-state index contributed by atoms with van der Waals surface area (Å²) in [6, 6.07) is 13.1. The fourth-order valence-corrected chi connectivity index (χ4v) is 3.24. The normalized spacial score (nSPS) is 12.9. The summed E-state index contributed by atoms with van der Waals surface area (Å²) in [5, 5.41) is 13.5. The van der Waals surface area contributed by atoms with Crippen molar-refractivity contribution in [2.24, 2.45) is 0 Å². The van der Waals surface area contributed by atoms with Crippen molar-refractivity contribution >= 4 is 5.91 Å². The van der Waals surface area contributed by atoms with Gasteiger partial charge in [0.05, 0.1) is 33.5 Å². The van der Waals surface area contributed by atoms with Crippen LogP contribution in [0.4, 0.5) is 0 Å². The zero-order valence-corrected chi connectivity index (χ0v) is 18.3. The lowest BCUT2D eigenvalue weighted by Gasteiger charge is -2.25. The third kappa shape index (κ3) is 6.37. The highest BCUT2D eigenvalue weighted by Gasteiger charge is 2.18. The number of aliphatic hydroxyl groups excluding tert-OH is 1. The van der Waals surface area contributed by atoms with E-state index in [4.69, 9.17) is 14.2 Å². The fourth-order valence-electron chi connectivity index (χ4n) is 3.24. The lowest BCUT2D eigenvalue weighted by Crippen LogP contribution is -2.34. The van der Waals surface area contributed by atoms with Crippen LogP contribution in [0.3, 0.4) is 0 Å². The average Bonchev–Trinajstić information content (AvgIpc) is 2.77. The van der Waals surface area contributed by atoms with E-state index in [1.54, 1.807) is 32.4 Å². The number of nitrogens with zero attached hydrogens (tertiary/aromatic N) is 1. The Morgan fingerprint density at radius 2 is 1.63 bits per heavy atom. The number of nitrogens with one attached hydrogen (secondary N) is 1. The van der Waals surface area contributed by atoms with E-state index in [-0.39, 0.29) is 18.4 Å². The largest absolute Gasteiger partial charge is 0.497 e. The number of likely N-dealkylation sites (N-methyl/N-ethyl adjacent to an activating group) is 1. The molecular weight excluding hydrogens is 384 g/mol. The molecule has 0 saturated heterocycles. The van der Waals surface area contributed by atoms with Gasteiger partial charge in [-0.3, -0.25) is 4.79 Å². The Morgan fingerprint density at radius 3 is 2.20 bits per heavy atom. The van der Waals surface area contributed by atoms with Crippen molar-refractivity contribution in [3.63, 3.8) is 0 Å². The molecule has 7 nitrogen and oxygen atoms in total. The Kier molecular flexibility index (Phi) is 8.95. The Morgan fingerprint density at radius 1 is 1.00 bits per heavy atom. The Bertz CT molecular complexity index is 808. The maximum atomic E-state index is 12.4. The van der Waals surface area contributed by atoms with Crippen molar-refractivity contribution in [2.45, 2.75) is 25.0 Å². The number of benzene rings is 2. The van der Waals surface area contributed by atoms with Gasteiger partial charge in [-0.05, 0) is 50.3 Å². The van der Waals surface area contributed by atoms with Crippen LogP contribution >= 0.6 is 0 Å². The van der Waals surface area contributed by atoms with Crippen LogP contribution in [0.2, 0.25) is 0 Å². The topological polar surface area (TPSA) is 80.3 Å². The van der Waals surface area contributed by atoms with Crippen LogP contribution < -0.4 is 19.5 Å². The van der Waals surface area contributed by atoms with Crippen molar-refractivity contribution in [3.8, 4) is 17.2 Å². The molecule has 0 aliphatic heterocycles. The quantitative estimate of drug-likeness (QED) is 0.586. The van der Waals surface area contributed by atoms with Crippen molar-refractivity contribution in [3.05, 3.63) is 53.6 Å². The van der Waals surface area contributed by atoms with Gasteiger partial charge in [-0.1, -0.05) is 12.1 Å². The van der Waals surface area contributed by atoms with E-state index in [0.717, 1.165) is 11.3 Å². The van der Waals surface area contributed by atoms with Gasteiger partial charge in [0.25, 0.3) is 0 Å². The van der Waals surface area contributed by atoms with Crippen LogP contribution in [-0.4, -0.2) is 57.9 Å². The summed E-state index contributed by atoms with van der Waals surface area (Å²) in [6.07, 6.45) is -0.300. The first-order chi connectivity index (χ1) is 14.4. The Hall–Kier alpha value is -2.77. The summed E-state index contributed by atoms with van der Waals surface area (Å²) >= 11 is 0. The molecule has 0 heterocycles. The number of hydrogen-bond acceptors (Lipinski definition) is 6. The molecule has 164 valence electrons. The molecule has 2 aromatic rings. The van der Waals surface area contributed by atoms with Gasteiger partial charge in [0.1, 0.15) is 17.2 Å². The standard InChI is InChI=1S/C23H32N2O5/c1-25(2)20(16-6-8-17(28-3)9-7-16)15-24-23(27)13-12-21(26)19-11-10-18(29-4)14-22(19)30-5/h6-11,14,20-21,26H,12-13,15H2,1-5H3,(H,24,27). The molecule has 1 amide bonds. The van der Waals surface area contributed by atoms with Crippen LogP contribution in [0.5, 0.6) is 17.2 Å². The average molecular weight is 417 g/mol. The molecule has 0 saturated carbocycles. The van der Waals surface area contributed by atoms with Gasteiger partial charge in [-0.15, -0.1) is 0 Å². The number of aliphatic hydroxyl groups is 1. The van der Waals surface area contributed by atoms with E-state index < -0.39 is 6.10 Å². The molecule has 0 radical (unpaired) electrons. The smallest absolute Gasteiger partial charge is 0.220 e. The van der Waals surface area contributed by atoms with E-state index in [2.05, 4.69) is 10.2 Å². The summed E-state index contributed by atoms with van der Waals surface area (Å²) < 4.78 is 15.7. The molecule has 0 fully saturated rings. The summed E-state index contributed by atoms with van der Waals surface area (Å²) in [5.74, 6) is 1.87. The number of rotatable bonds is 11. The molecule has 30 heavy (non-hydrogen) atoms.